The Labute approximate surface area is 128 Å². The Kier molecular flexibility index (Phi) is 7.54. The van der Waals surface area contributed by atoms with Gasteiger partial charge in [0.15, 0.2) is 0 Å². The zero-order valence-corrected chi connectivity index (χ0v) is 13.9. The highest BCUT2D eigenvalue weighted by Gasteiger charge is 2.18. The predicted octanol–water partition coefficient (Wildman–Crippen LogP) is 3.11. The fourth-order valence-electron chi connectivity index (χ4n) is 2.35. The molecule has 2 atom stereocenters. The zero-order valence-electron chi connectivity index (χ0n) is 13.9. The van der Waals surface area contributed by atoms with Gasteiger partial charge >= 0.3 is 0 Å². The number of aliphatic hydroxyl groups is 1. The van der Waals surface area contributed by atoms with Gasteiger partial charge in [-0.15, -0.1) is 0 Å². The SMILES string of the molecule is CCC(C)CN(CC)CC(O)c1cc(OC)ccc1OC. The molecule has 1 aromatic carbocycles. The molecule has 4 heteroatoms. The molecule has 0 aliphatic heterocycles. The Hall–Kier alpha value is -1.26. The van der Waals surface area contributed by atoms with Gasteiger partial charge in [0.2, 0.25) is 0 Å². The highest BCUT2D eigenvalue weighted by Crippen LogP contribution is 2.30. The Morgan fingerprint density at radius 3 is 2.38 bits per heavy atom. The number of aliphatic hydroxyl groups excluding tert-OH is 1. The molecule has 0 aliphatic carbocycles. The first kappa shape index (κ1) is 17.8. The highest BCUT2D eigenvalue weighted by atomic mass is 16.5. The molecule has 120 valence electrons. The standard InChI is InChI=1S/C17H29NO3/c1-6-13(3)11-18(7-2)12-16(19)15-10-14(20-4)8-9-17(15)21-5/h8-10,13,16,19H,6-7,11-12H2,1-5H3. The molecule has 4 nitrogen and oxygen atoms in total. The summed E-state index contributed by atoms with van der Waals surface area (Å²) in [5.74, 6) is 2.06. The minimum atomic E-state index is -0.584. The zero-order chi connectivity index (χ0) is 15.8. The highest BCUT2D eigenvalue weighted by molar-refractivity contribution is 5.41. The Morgan fingerprint density at radius 1 is 1.14 bits per heavy atom. The molecule has 0 radical (unpaired) electrons. The predicted molar refractivity (Wildman–Crippen MR) is 86.1 cm³/mol. The Morgan fingerprint density at radius 2 is 1.86 bits per heavy atom. The van der Waals surface area contributed by atoms with Crippen molar-refractivity contribution in [2.75, 3.05) is 33.9 Å². The van der Waals surface area contributed by atoms with Crippen LogP contribution in [0.3, 0.4) is 0 Å². The van der Waals surface area contributed by atoms with E-state index in [0.29, 0.717) is 18.2 Å². The summed E-state index contributed by atoms with van der Waals surface area (Å²) in [4.78, 5) is 2.28. The molecule has 0 saturated heterocycles. The summed E-state index contributed by atoms with van der Waals surface area (Å²) >= 11 is 0. The van der Waals surface area contributed by atoms with Gasteiger partial charge in [0.25, 0.3) is 0 Å². The Balaban J connectivity index is 2.83. The molecule has 1 aromatic rings. The van der Waals surface area contributed by atoms with Crippen molar-refractivity contribution < 1.29 is 14.6 Å². The van der Waals surface area contributed by atoms with Crippen molar-refractivity contribution in [1.82, 2.24) is 4.90 Å². The van der Waals surface area contributed by atoms with Crippen molar-refractivity contribution in [3.05, 3.63) is 23.8 Å². The molecule has 2 unspecified atom stereocenters. The largest absolute Gasteiger partial charge is 0.497 e. The lowest BCUT2D eigenvalue weighted by Gasteiger charge is -2.27. The van der Waals surface area contributed by atoms with Crippen molar-refractivity contribution in [2.24, 2.45) is 5.92 Å². The second-order valence-electron chi connectivity index (χ2n) is 5.49. The van der Waals surface area contributed by atoms with Gasteiger partial charge in [-0.2, -0.15) is 0 Å². The van der Waals surface area contributed by atoms with E-state index in [1.54, 1.807) is 14.2 Å². The molecule has 0 amide bonds. The maximum Gasteiger partial charge on any atom is 0.124 e. The molecule has 21 heavy (non-hydrogen) atoms. The van der Waals surface area contributed by atoms with E-state index >= 15 is 0 Å². The van der Waals surface area contributed by atoms with E-state index in [-0.39, 0.29) is 0 Å². The van der Waals surface area contributed by atoms with E-state index < -0.39 is 6.10 Å². The van der Waals surface area contributed by atoms with E-state index in [4.69, 9.17) is 9.47 Å². The molecule has 0 aromatic heterocycles. The first-order valence-electron chi connectivity index (χ1n) is 7.67. The van der Waals surface area contributed by atoms with Gasteiger partial charge in [-0.25, -0.2) is 0 Å². The van der Waals surface area contributed by atoms with Crippen LogP contribution in [-0.4, -0.2) is 43.9 Å². The minimum Gasteiger partial charge on any atom is -0.497 e. The second kappa shape index (κ2) is 8.90. The van der Waals surface area contributed by atoms with Gasteiger partial charge < -0.3 is 19.5 Å². The summed E-state index contributed by atoms with van der Waals surface area (Å²) in [6.45, 7) is 9.08. The van der Waals surface area contributed by atoms with E-state index in [0.717, 1.165) is 30.8 Å². The van der Waals surface area contributed by atoms with Crippen molar-refractivity contribution in [3.8, 4) is 11.5 Å². The van der Waals surface area contributed by atoms with Crippen LogP contribution in [0.2, 0.25) is 0 Å². The van der Waals surface area contributed by atoms with E-state index in [9.17, 15) is 5.11 Å². The number of hydrogen-bond acceptors (Lipinski definition) is 4. The summed E-state index contributed by atoms with van der Waals surface area (Å²) in [7, 11) is 3.24. The third-order valence-electron chi connectivity index (χ3n) is 3.94. The number of benzene rings is 1. The lowest BCUT2D eigenvalue weighted by atomic mass is 10.1. The number of methoxy groups -OCH3 is 2. The van der Waals surface area contributed by atoms with Crippen LogP contribution in [0.25, 0.3) is 0 Å². The van der Waals surface area contributed by atoms with Gasteiger partial charge in [-0.1, -0.05) is 27.2 Å². The van der Waals surface area contributed by atoms with Crippen LogP contribution in [-0.2, 0) is 0 Å². The average Bonchev–Trinajstić information content (AvgIpc) is 2.52. The monoisotopic (exact) mass is 295 g/mol. The first-order valence-corrected chi connectivity index (χ1v) is 7.67. The quantitative estimate of drug-likeness (QED) is 0.760. The molecule has 1 N–H and O–H groups in total. The van der Waals surface area contributed by atoms with Crippen molar-refractivity contribution in [1.29, 1.82) is 0 Å². The summed E-state index contributed by atoms with van der Waals surface area (Å²) in [5.41, 5.74) is 0.777. The van der Waals surface area contributed by atoms with Crippen LogP contribution in [0.5, 0.6) is 11.5 Å². The number of rotatable bonds is 9. The second-order valence-corrected chi connectivity index (χ2v) is 5.49. The van der Waals surface area contributed by atoms with Crippen LogP contribution in [0.15, 0.2) is 18.2 Å². The smallest absolute Gasteiger partial charge is 0.124 e. The number of nitrogens with zero attached hydrogens (tertiary/aromatic N) is 1. The number of likely N-dealkylation sites (N-methyl/N-ethyl adjacent to an activating group) is 1. The van der Waals surface area contributed by atoms with Crippen molar-refractivity contribution >= 4 is 0 Å². The minimum absolute atomic E-state index is 0.584. The van der Waals surface area contributed by atoms with Crippen LogP contribution in [0.4, 0.5) is 0 Å². The van der Waals surface area contributed by atoms with Gasteiger partial charge in [0.05, 0.1) is 20.3 Å². The normalized spacial score (nSPS) is 14.0. The summed E-state index contributed by atoms with van der Waals surface area (Å²) in [6.07, 6.45) is 0.564. The molecular weight excluding hydrogens is 266 g/mol. The molecule has 0 saturated carbocycles. The van der Waals surface area contributed by atoms with Crippen molar-refractivity contribution in [2.45, 2.75) is 33.3 Å². The lowest BCUT2D eigenvalue weighted by Crippen LogP contribution is -2.32. The first-order chi connectivity index (χ1) is 10.0. The maximum atomic E-state index is 10.6. The summed E-state index contributed by atoms with van der Waals surface area (Å²) in [5, 5.41) is 10.6. The van der Waals surface area contributed by atoms with Gasteiger partial charge in [-0.05, 0) is 30.7 Å². The molecule has 0 bridgehead atoms. The van der Waals surface area contributed by atoms with E-state index in [1.165, 1.54) is 0 Å². The molecule has 0 aliphatic rings. The van der Waals surface area contributed by atoms with Gasteiger partial charge in [0.1, 0.15) is 11.5 Å². The molecule has 1 rings (SSSR count). The third kappa shape index (κ3) is 5.21. The van der Waals surface area contributed by atoms with E-state index in [2.05, 4.69) is 25.7 Å². The average molecular weight is 295 g/mol. The molecule has 0 spiro atoms. The van der Waals surface area contributed by atoms with Crippen LogP contribution < -0.4 is 9.47 Å². The Bertz CT molecular complexity index is 422. The number of ether oxygens (including phenoxy) is 2. The fourth-order valence-corrected chi connectivity index (χ4v) is 2.35. The topological polar surface area (TPSA) is 41.9 Å². The van der Waals surface area contributed by atoms with Gasteiger partial charge in [0, 0.05) is 18.7 Å². The van der Waals surface area contributed by atoms with Gasteiger partial charge in [-0.3, -0.25) is 0 Å². The molecule has 0 fully saturated rings. The summed E-state index contributed by atoms with van der Waals surface area (Å²) in [6, 6.07) is 5.52. The van der Waals surface area contributed by atoms with Crippen LogP contribution in [0, 0.1) is 5.92 Å². The fraction of sp³-hybridized carbons (Fsp3) is 0.647. The third-order valence-corrected chi connectivity index (χ3v) is 3.94. The lowest BCUT2D eigenvalue weighted by molar-refractivity contribution is 0.105. The molecule has 0 heterocycles. The van der Waals surface area contributed by atoms with Crippen LogP contribution >= 0.6 is 0 Å². The van der Waals surface area contributed by atoms with Crippen LogP contribution in [0.1, 0.15) is 38.9 Å². The van der Waals surface area contributed by atoms with Crippen molar-refractivity contribution in [3.63, 3.8) is 0 Å². The molecular formula is C17H29NO3. The number of hydrogen-bond donors (Lipinski definition) is 1. The summed E-state index contributed by atoms with van der Waals surface area (Å²) < 4.78 is 10.6. The van der Waals surface area contributed by atoms with E-state index in [1.807, 2.05) is 18.2 Å². The maximum absolute atomic E-state index is 10.6.